The molecule has 0 atom stereocenters. The number of rotatable bonds is 7. The third-order valence-electron chi connectivity index (χ3n) is 3.80. The van der Waals surface area contributed by atoms with Gasteiger partial charge in [0.1, 0.15) is 10.8 Å². The first-order valence-corrected chi connectivity index (χ1v) is 9.51. The van der Waals surface area contributed by atoms with E-state index in [1.165, 1.54) is 6.21 Å². The van der Waals surface area contributed by atoms with Crippen molar-refractivity contribution in [2.75, 3.05) is 12.4 Å². The summed E-state index contributed by atoms with van der Waals surface area (Å²) in [4.78, 5) is 24.2. The van der Waals surface area contributed by atoms with Crippen molar-refractivity contribution in [1.29, 1.82) is 0 Å². The molecule has 0 unspecified atom stereocenters. The Morgan fingerprint density at radius 2 is 1.97 bits per heavy atom. The van der Waals surface area contributed by atoms with Crippen LogP contribution in [0.3, 0.4) is 0 Å². The molecule has 0 aliphatic heterocycles. The van der Waals surface area contributed by atoms with Crippen molar-refractivity contribution in [3.63, 3.8) is 0 Å². The van der Waals surface area contributed by atoms with Gasteiger partial charge in [-0.15, -0.1) is 10.2 Å². The van der Waals surface area contributed by atoms with Crippen LogP contribution in [-0.2, 0) is 11.2 Å². The predicted molar refractivity (Wildman–Crippen MR) is 111 cm³/mol. The highest BCUT2D eigenvalue weighted by atomic mass is 32.1. The van der Waals surface area contributed by atoms with Gasteiger partial charge in [-0.05, 0) is 48.9 Å². The molecule has 0 aliphatic carbocycles. The van der Waals surface area contributed by atoms with Crippen LogP contribution in [0.25, 0.3) is 0 Å². The van der Waals surface area contributed by atoms with E-state index >= 15 is 0 Å². The number of hydrogen-bond acceptors (Lipinski definition) is 7. The first-order valence-electron chi connectivity index (χ1n) is 8.70. The van der Waals surface area contributed by atoms with Crippen molar-refractivity contribution >= 4 is 34.5 Å². The Bertz CT molecular complexity index is 1030. The number of aromatic nitrogens is 2. The van der Waals surface area contributed by atoms with Crippen molar-refractivity contribution in [3.05, 3.63) is 70.2 Å². The zero-order valence-corrected chi connectivity index (χ0v) is 16.7. The van der Waals surface area contributed by atoms with E-state index in [-0.39, 0.29) is 18.2 Å². The molecule has 1 aromatic heterocycles. The number of carbonyl (C=O) groups is 2. The molecule has 0 saturated carbocycles. The van der Waals surface area contributed by atoms with Gasteiger partial charge in [-0.3, -0.25) is 14.9 Å². The van der Waals surface area contributed by atoms with Gasteiger partial charge in [0, 0.05) is 5.56 Å². The number of benzene rings is 2. The maximum Gasteiger partial charge on any atom is 0.257 e. The Morgan fingerprint density at radius 3 is 2.69 bits per heavy atom. The Morgan fingerprint density at radius 1 is 1.17 bits per heavy atom. The number of ether oxygens (including phenoxy) is 1. The SMILES string of the molecule is COc1ccc(/C=N\NC(=O)Cc2nnc(NC(=O)c3cccc(C)c3)s2)cc1. The number of aryl methyl sites for hydroxylation is 1. The van der Waals surface area contributed by atoms with Gasteiger partial charge in [0.15, 0.2) is 0 Å². The summed E-state index contributed by atoms with van der Waals surface area (Å²) in [5, 5.41) is 15.3. The number of methoxy groups -OCH3 is 1. The molecule has 2 amide bonds. The van der Waals surface area contributed by atoms with Crippen LogP contribution in [0.5, 0.6) is 5.75 Å². The normalized spacial score (nSPS) is 10.7. The standard InChI is InChI=1S/C20H19N5O3S/c1-13-4-3-5-15(10-13)19(27)22-20-25-24-18(29-20)11-17(26)23-21-12-14-6-8-16(28-2)9-7-14/h3-10,12H,11H2,1-2H3,(H,23,26)(H,22,25,27)/b21-12-. The summed E-state index contributed by atoms with van der Waals surface area (Å²) in [5.41, 5.74) is 4.79. The van der Waals surface area contributed by atoms with Gasteiger partial charge in [-0.1, -0.05) is 29.0 Å². The maximum atomic E-state index is 12.2. The topological polar surface area (TPSA) is 106 Å². The van der Waals surface area contributed by atoms with E-state index in [4.69, 9.17) is 4.74 Å². The van der Waals surface area contributed by atoms with Crippen molar-refractivity contribution < 1.29 is 14.3 Å². The number of amides is 2. The van der Waals surface area contributed by atoms with Gasteiger partial charge < -0.3 is 4.74 Å². The fourth-order valence-corrected chi connectivity index (χ4v) is 3.11. The number of nitrogens with one attached hydrogen (secondary N) is 2. The maximum absolute atomic E-state index is 12.2. The van der Waals surface area contributed by atoms with E-state index in [0.717, 1.165) is 28.2 Å². The minimum Gasteiger partial charge on any atom is -0.497 e. The molecular weight excluding hydrogens is 390 g/mol. The average Bonchev–Trinajstić information content (AvgIpc) is 3.15. The first kappa shape index (κ1) is 20.2. The van der Waals surface area contributed by atoms with Crippen LogP contribution in [-0.4, -0.2) is 35.3 Å². The van der Waals surface area contributed by atoms with Crippen molar-refractivity contribution in [2.24, 2.45) is 5.10 Å². The second-order valence-corrected chi connectivity index (χ2v) is 7.13. The van der Waals surface area contributed by atoms with Crippen molar-refractivity contribution in [1.82, 2.24) is 15.6 Å². The molecule has 29 heavy (non-hydrogen) atoms. The Balaban J connectivity index is 1.50. The Kier molecular flexibility index (Phi) is 6.64. The molecule has 0 saturated heterocycles. The third kappa shape index (κ3) is 5.94. The van der Waals surface area contributed by atoms with Gasteiger partial charge in [0.25, 0.3) is 5.91 Å². The molecule has 0 fully saturated rings. The monoisotopic (exact) mass is 409 g/mol. The highest BCUT2D eigenvalue weighted by Crippen LogP contribution is 2.17. The van der Waals surface area contributed by atoms with E-state index < -0.39 is 0 Å². The Labute approximate surface area is 171 Å². The quantitative estimate of drug-likeness (QED) is 0.461. The minimum absolute atomic E-state index is 0.0118. The Hall–Kier alpha value is -3.59. The lowest BCUT2D eigenvalue weighted by molar-refractivity contribution is -0.120. The number of hydrogen-bond donors (Lipinski definition) is 2. The number of carbonyl (C=O) groups excluding carboxylic acids is 2. The summed E-state index contributed by atoms with van der Waals surface area (Å²) >= 11 is 1.14. The van der Waals surface area contributed by atoms with E-state index in [9.17, 15) is 9.59 Å². The largest absolute Gasteiger partial charge is 0.497 e. The highest BCUT2D eigenvalue weighted by molar-refractivity contribution is 7.15. The molecule has 9 heteroatoms. The summed E-state index contributed by atoms with van der Waals surface area (Å²) in [5.74, 6) is 0.139. The molecule has 3 aromatic rings. The number of anilines is 1. The van der Waals surface area contributed by atoms with Crippen LogP contribution >= 0.6 is 11.3 Å². The minimum atomic E-state index is -0.331. The second-order valence-electron chi connectivity index (χ2n) is 6.07. The van der Waals surface area contributed by atoms with Crippen molar-refractivity contribution in [3.8, 4) is 5.75 Å². The van der Waals surface area contributed by atoms with Crippen molar-refractivity contribution in [2.45, 2.75) is 13.3 Å². The number of hydrazone groups is 1. The van der Waals surface area contributed by atoms with Gasteiger partial charge in [0.05, 0.1) is 19.7 Å². The predicted octanol–water partition coefficient (Wildman–Crippen LogP) is 2.80. The fourth-order valence-electron chi connectivity index (χ4n) is 2.38. The molecule has 0 aliphatic rings. The highest BCUT2D eigenvalue weighted by Gasteiger charge is 2.12. The zero-order valence-electron chi connectivity index (χ0n) is 15.9. The van der Waals surface area contributed by atoms with Gasteiger partial charge >= 0.3 is 0 Å². The smallest absolute Gasteiger partial charge is 0.257 e. The molecule has 1 heterocycles. The van der Waals surface area contributed by atoms with Crippen LogP contribution in [0.2, 0.25) is 0 Å². The molecule has 8 nitrogen and oxygen atoms in total. The summed E-state index contributed by atoms with van der Waals surface area (Å²) in [6, 6.07) is 14.5. The molecule has 148 valence electrons. The zero-order chi connectivity index (χ0) is 20.6. The summed E-state index contributed by atoms with van der Waals surface area (Å²) in [6.07, 6.45) is 1.54. The molecule has 0 bridgehead atoms. The van der Waals surface area contributed by atoms with Crippen LogP contribution in [0.15, 0.2) is 53.6 Å². The van der Waals surface area contributed by atoms with Gasteiger partial charge in [0.2, 0.25) is 11.0 Å². The van der Waals surface area contributed by atoms with E-state index in [1.807, 2.05) is 31.2 Å². The summed E-state index contributed by atoms with van der Waals surface area (Å²) in [7, 11) is 1.59. The molecular formula is C20H19N5O3S. The van der Waals surface area contributed by atoms with E-state index in [2.05, 4.69) is 26.0 Å². The summed E-state index contributed by atoms with van der Waals surface area (Å²) < 4.78 is 5.08. The van der Waals surface area contributed by atoms with Gasteiger partial charge in [-0.2, -0.15) is 5.10 Å². The van der Waals surface area contributed by atoms with E-state index in [0.29, 0.717) is 15.7 Å². The van der Waals surface area contributed by atoms with Gasteiger partial charge in [-0.25, -0.2) is 5.43 Å². The van der Waals surface area contributed by atoms with Crippen LogP contribution in [0, 0.1) is 6.92 Å². The third-order valence-corrected chi connectivity index (χ3v) is 4.64. The lowest BCUT2D eigenvalue weighted by Gasteiger charge is -2.01. The van der Waals surface area contributed by atoms with Crippen LogP contribution in [0.1, 0.15) is 26.5 Å². The molecule has 2 N–H and O–H groups in total. The van der Waals surface area contributed by atoms with E-state index in [1.54, 1.807) is 31.4 Å². The summed E-state index contributed by atoms with van der Waals surface area (Å²) in [6.45, 7) is 1.91. The molecule has 0 spiro atoms. The molecule has 0 radical (unpaired) electrons. The molecule has 3 rings (SSSR count). The van der Waals surface area contributed by atoms with Crippen LogP contribution < -0.4 is 15.5 Å². The van der Waals surface area contributed by atoms with Crippen LogP contribution in [0.4, 0.5) is 5.13 Å². The fraction of sp³-hybridized carbons (Fsp3) is 0.150. The average molecular weight is 409 g/mol. The number of nitrogens with zero attached hydrogens (tertiary/aromatic N) is 3. The molecule has 2 aromatic carbocycles. The lowest BCUT2D eigenvalue weighted by atomic mass is 10.1. The lowest BCUT2D eigenvalue weighted by Crippen LogP contribution is -2.19. The first-order chi connectivity index (χ1) is 14.0. The second kappa shape index (κ2) is 9.56.